The Hall–Kier alpha value is -2.72. The molecule has 2 heterocycles. The fourth-order valence-corrected chi connectivity index (χ4v) is 2.85. The average molecular weight is 317 g/mol. The largest absolute Gasteiger partial charge is 0.391 e. The van der Waals surface area contributed by atoms with Gasteiger partial charge in [-0.15, -0.1) is 0 Å². The minimum Gasteiger partial charge on any atom is -0.391 e. The number of likely N-dealkylation sites (tertiary alicyclic amines) is 1. The predicted molar refractivity (Wildman–Crippen MR) is 76.3 cm³/mol. The summed E-state index contributed by atoms with van der Waals surface area (Å²) < 4.78 is 27.4. The van der Waals surface area contributed by atoms with E-state index in [0.717, 1.165) is 18.2 Å². The molecule has 0 bridgehead atoms. The molecule has 2 atom stereocenters. The molecule has 5 nitrogen and oxygen atoms in total. The normalized spacial score (nSPS) is 20.5. The lowest BCUT2D eigenvalue weighted by Crippen LogP contribution is -2.32. The Morgan fingerprint density at radius 2 is 2.17 bits per heavy atom. The Kier molecular flexibility index (Phi) is 3.84. The third-order valence-electron chi connectivity index (χ3n) is 3.91. The van der Waals surface area contributed by atoms with Crippen LogP contribution in [0.5, 0.6) is 0 Å². The number of hydrogen-bond donors (Lipinski definition) is 2. The predicted octanol–water partition coefficient (Wildman–Crippen LogP) is 2.11. The summed E-state index contributed by atoms with van der Waals surface area (Å²) in [7, 11) is 0. The Morgan fingerprint density at radius 1 is 1.39 bits per heavy atom. The lowest BCUT2D eigenvalue weighted by molar-refractivity contribution is 0.0714. The topological polar surface area (TPSA) is 80.1 Å². The van der Waals surface area contributed by atoms with E-state index in [1.165, 1.54) is 17.2 Å². The first-order valence-corrected chi connectivity index (χ1v) is 7.02. The highest BCUT2D eigenvalue weighted by atomic mass is 19.1. The van der Waals surface area contributed by atoms with E-state index in [1.54, 1.807) is 0 Å². The van der Waals surface area contributed by atoms with Crippen LogP contribution >= 0.6 is 0 Å². The van der Waals surface area contributed by atoms with Crippen molar-refractivity contribution >= 4 is 5.91 Å². The summed E-state index contributed by atoms with van der Waals surface area (Å²) >= 11 is 0. The molecule has 0 spiro atoms. The number of hydrogen-bond acceptors (Lipinski definition) is 3. The van der Waals surface area contributed by atoms with Gasteiger partial charge in [0.25, 0.3) is 5.91 Å². The lowest BCUT2D eigenvalue weighted by Gasteiger charge is -2.24. The van der Waals surface area contributed by atoms with Crippen molar-refractivity contribution in [3.63, 3.8) is 0 Å². The molecule has 1 amide bonds. The van der Waals surface area contributed by atoms with Crippen molar-refractivity contribution in [3.05, 3.63) is 58.9 Å². The van der Waals surface area contributed by atoms with Gasteiger partial charge in [-0.25, -0.2) is 8.78 Å². The fraction of sp³-hybridized carbons (Fsp3) is 0.250. The van der Waals surface area contributed by atoms with E-state index in [9.17, 15) is 18.7 Å². The number of halogens is 2. The quantitative estimate of drug-likeness (QED) is 0.890. The maximum Gasteiger partial charge on any atom is 0.256 e. The van der Waals surface area contributed by atoms with Crippen LogP contribution in [0.3, 0.4) is 0 Å². The van der Waals surface area contributed by atoms with Crippen molar-refractivity contribution < 1.29 is 18.7 Å². The van der Waals surface area contributed by atoms with Crippen LogP contribution in [0.15, 0.2) is 30.5 Å². The Bertz CT molecular complexity index is 797. The number of nitrogens with one attached hydrogen (secondary N) is 1. The second-order valence-corrected chi connectivity index (χ2v) is 5.44. The molecule has 0 radical (unpaired) electrons. The van der Waals surface area contributed by atoms with Gasteiger partial charge in [0.2, 0.25) is 0 Å². The second kappa shape index (κ2) is 5.82. The van der Waals surface area contributed by atoms with E-state index in [2.05, 4.69) is 4.98 Å². The van der Waals surface area contributed by atoms with Gasteiger partial charge in [-0.2, -0.15) is 5.26 Å². The number of aromatic amines is 1. The molecule has 1 saturated heterocycles. The van der Waals surface area contributed by atoms with Gasteiger partial charge in [0.15, 0.2) is 0 Å². The van der Waals surface area contributed by atoms with E-state index >= 15 is 0 Å². The molecule has 23 heavy (non-hydrogen) atoms. The van der Waals surface area contributed by atoms with Crippen LogP contribution in [0.1, 0.15) is 34.1 Å². The first kappa shape index (κ1) is 15.2. The zero-order valence-corrected chi connectivity index (χ0v) is 12.0. The van der Waals surface area contributed by atoms with E-state index in [-0.39, 0.29) is 29.8 Å². The van der Waals surface area contributed by atoms with Crippen LogP contribution in [0.25, 0.3) is 0 Å². The van der Waals surface area contributed by atoms with E-state index in [0.29, 0.717) is 0 Å². The summed E-state index contributed by atoms with van der Waals surface area (Å²) in [5.41, 5.74) is 0.491. The van der Waals surface area contributed by atoms with Gasteiger partial charge >= 0.3 is 0 Å². The molecule has 2 aromatic rings. The van der Waals surface area contributed by atoms with Crippen LogP contribution in [0.4, 0.5) is 8.78 Å². The number of aromatic nitrogens is 1. The molecule has 118 valence electrons. The van der Waals surface area contributed by atoms with Gasteiger partial charge in [-0.3, -0.25) is 4.79 Å². The SMILES string of the molecule is N#Cc1cc(C(=O)N2C[C@H](O)C[C@@H]2c2cc(F)ccc2F)c[nH]1. The maximum atomic E-state index is 14.0. The number of aliphatic hydroxyl groups excluding tert-OH is 1. The molecule has 0 saturated carbocycles. The van der Waals surface area contributed by atoms with Crippen LogP contribution in [0, 0.1) is 23.0 Å². The number of H-pyrrole nitrogens is 1. The molecule has 1 aromatic carbocycles. The zero-order valence-electron chi connectivity index (χ0n) is 12.0. The van der Waals surface area contributed by atoms with Gasteiger partial charge in [-0.05, 0) is 30.7 Å². The summed E-state index contributed by atoms with van der Waals surface area (Å²) in [5.74, 6) is -1.69. The van der Waals surface area contributed by atoms with Gasteiger partial charge in [0, 0.05) is 18.3 Å². The summed E-state index contributed by atoms with van der Waals surface area (Å²) in [6.07, 6.45) is 0.688. The van der Waals surface area contributed by atoms with Crippen molar-refractivity contribution in [1.82, 2.24) is 9.88 Å². The highest BCUT2D eigenvalue weighted by molar-refractivity contribution is 5.95. The van der Waals surface area contributed by atoms with Gasteiger partial charge < -0.3 is 15.0 Å². The minimum atomic E-state index is -0.819. The van der Waals surface area contributed by atoms with Gasteiger partial charge in [0.1, 0.15) is 23.4 Å². The first-order valence-electron chi connectivity index (χ1n) is 7.02. The summed E-state index contributed by atoms with van der Waals surface area (Å²) in [6, 6.07) is 5.54. The maximum absolute atomic E-state index is 14.0. The van der Waals surface area contributed by atoms with Crippen LogP contribution in [0.2, 0.25) is 0 Å². The number of β-amino-alcohol motifs (C(OH)–C–C–N with tert-alkyl or cyclic N) is 1. The fourth-order valence-electron chi connectivity index (χ4n) is 2.85. The Morgan fingerprint density at radius 3 is 2.87 bits per heavy atom. The molecule has 0 unspecified atom stereocenters. The number of nitrogens with zero attached hydrogens (tertiary/aromatic N) is 2. The van der Waals surface area contributed by atoms with Crippen LogP contribution in [-0.4, -0.2) is 33.5 Å². The molecule has 1 aromatic heterocycles. The van der Waals surface area contributed by atoms with Crippen molar-refractivity contribution in [1.29, 1.82) is 5.26 Å². The van der Waals surface area contributed by atoms with E-state index < -0.39 is 29.7 Å². The molecule has 2 N–H and O–H groups in total. The number of aliphatic hydroxyl groups is 1. The molecule has 7 heteroatoms. The van der Waals surface area contributed by atoms with Crippen LogP contribution < -0.4 is 0 Å². The van der Waals surface area contributed by atoms with Crippen molar-refractivity contribution in [2.75, 3.05) is 6.54 Å². The standard InChI is InChI=1S/C16H13F2N3O2/c17-10-1-2-14(18)13(4-10)15-5-12(22)8-21(15)16(23)9-3-11(6-19)20-7-9/h1-4,7,12,15,20,22H,5,8H2/t12-,15-/m1/s1. The molecular weight excluding hydrogens is 304 g/mol. The molecule has 0 aliphatic carbocycles. The number of benzene rings is 1. The highest BCUT2D eigenvalue weighted by Gasteiger charge is 2.37. The van der Waals surface area contributed by atoms with Crippen molar-refractivity contribution in [2.45, 2.75) is 18.6 Å². The third kappa shape index (κ3) is 2.81. The number of amides is 1. The van der Waals surface area contributed by atoms with Crippen LogP contribution in [-0.2, 0) is 0 Å². The Labute approximate surface area is 130 Å². The Balaban J connectivity index is 1.95. The second-order valence-electron chi connectivity index (χ2n) is 5.44. The molecule has 3 rings (SSSR count). The first-order chi connectivity index (χ1) is 11.0. The smallest absolute Gasteiger partial charge is 0.256 e. The third-order valence-corrected chi connectivity index (χ3v) is 3.91. The summed E-state index contributed by atoms with van der Waals surface area (Å²) in [5, 5.41) is 18.7. The van der Waals surface area contributed by atoms with E-state index in [4.69, 9.17) is 5.26 Å². The molecule has 1 aliphatic rings. The van der Waals surface area contributed by atoms with Crippen molar-refractivity contribution in [2.24, 2.45) is 0 Å². The molecule has 1 aliphatic heterocycles. The monoisotopic (exact) mass is 317 g/mol. The minimum absolute atomic E-state index is 0.0204. The average Bonchev–Trinajstić information content (AvgIpc) is 3.15. The van der Waals surface area contributed by atoms with Crippen molar-refractivity contribution in [3.8, 4) is 6.07 Å². The molecular formula is C16H13F2N3O2. The summed E-state index contributed by atoms with van der Waals surface area (Å²) in [4.78, 5) is 16.5. The number of rotatable bonds is 2. The molecule has 1 fully saturated rings. The number of carbonyl (C=O) groups is 1. The van der Waals surface area contributed by atoms with Gasteiger partial charge in [-0.1, -0.05) is 0 Å². The van der Waals surface area contributed by atoms with Gasteiger partial charge in [0.05, 0.1) is 17.7 Å². The lowest BCUT2D eigenvalue weighted by atomic mass is 10.0. The number of nitriles is 1. The zero-order chi connectivity index (χ0) is 16.6. The highest BCUT2D eigenvalue weighted by Crippen LogP contribution is 2.35. The summed E-state index contributed by atoms with van der Waals surface area (Å²) in [6.45, 7) is 0.0204. The number of carbonyl (C=O) groups excluding carboxylic acids is 1. The van der Waals surface area contributed by atoms with E-state index in [1.807, 2.05) is 6.07 Å².